The summed E-state index contributed by atoms with van der Waals surface area (Å²) in [4.78, 5) is 2.66. The zero-order chi connectivity index (χ0) is 11.1. The minimum Gasteiger partial charge on any atom is -0.315 e. The van der Waals surface area contributed by atoms with Crippen molar-refractivity contribution < 1.29 is 0 Å². The number of thioether (sulfide) groups is 1. The molecule has 0 spiro atoms. The minimum atomic E-state index is 0.754. The number of hydrogen-bond donors (Lipinski definition) is 1. The number of nitrogens with one attached hydrogen (secondary N) is 1. The van der Waals surface area contributed by atoms with Gasteiger partial charge in [0.1, 0.15) is 0 Å². The van der Waals surface area contributed by atoms with Crippen LogP contribution in [-0.2, 0) is 0 Å². The lowest BCUT2D eigenvalue weighted by molar-refractivity contribution is 0.204. The Bertz CT molecular complexity index is 156. The van der Waals surface area contributed by atoms with E-state index >= 15 is 0 Å². The molecule has 1 N–H and O–H groups in total. The summed E-state index contributed by atoms with van der Waals surface area (Å²) in [5.74, 6) is 3.40. The molecule has 0 saturated carbocycles. The number of rotatable bonds is 6. The van der Waals surface area contributed by atoms with Crippen LogP contribution in [0.15, 0.2) is 0 Å². The maximum atomic E-state index is 3.58. The molecule has 90 valence electrons. The van der Waals surface area contributed by atoms with Gasteiger partial charge >= 0.3 is 0 Å². The SMILES string of the molecule is CCC(CNCC(C)C)N1CCSCC1. The van der Waals surface area contributed by atoms with Crippen molar-refractivity contribution in [1.29, 1.82) is 0 Å². The summed E-state index contributed by atoms with van der Waals surface area (Å²) < 4.78 is 0. The molecule has 0 radical (unpaired) electrons. The van der Waals surface area contributed by atoms with Crippen molar-refractivity contribution in [2.75, 3.05) is 37.7 Å². The van der Waals surface area contributed by atoms with E-state index in [2.05, 4.69) is 42.7 Å². The maximum absolute atomic E-state index is 3.58. The summed E-state index contributed by atoms with van der Waals surface area (Å²) in [6.45, 7) is 11.7. The third-order valence-corrected chi connectivity index (χ3v) is 3.91. The van der Waals surface area contributed by atoms with E-state index < -0.39 is 0 Å². The average Bonchev–Trinajstić information content (AvgIpc) is 2.25. The number of hydrogen-bond acceptors (Lipinski definition) is 3. The molecule has 1 heterocycles. The van der Waals surface area contributed by atoms with Crippen LogP contribution in [0.25, 0.3) is 0 Å². The van der Waals surface area contributed by atoms with Crippen LogP contribution in [0.4, 0.5) is 0 Å². The molecule has 1 unspecified atom stereocenters. The zero-order valence-electron chi connectivity index (χ0n) is 10.5. The molecule has 2 nitrogen and oxygen atoms in total. The third kappa shape index (κ3) is 5.23. The van der Waals surface area contributed by atoms with Crippen LogP contribution in [0.1, 0.15) is 27.2 Å². The highest BCUT2D eigenvalue weighted by molar-refractivity contribution is 7.99. The van der Waals surface area contributed by atoms with Crippen molar-refractivity contribution in [3.63, 3.8) is 0 Å². The smallest absolute Gasteiger partial charge is 0.0218 e. The van der Waals surface area contributed by atoms with Gasteiger partial charge in [-0.15, -0.1) is 0 Å². The molecule has 0 amide bonds. The highest BCUT2D eigenvalue weighted by Crippen LogP contribution is 2.13. The van der Waals surface area contributed by atoms with Crippen molar-refractivity contribution in [3.8, 4) is 0 Å². The van der Waals surface area contributed by atoms with Crippen LogP contribution in [0.2, 0.25) is 0 Å². The largest absolute Gasteiger partial charge is 0.315 e. The summed E-state index contributed by atoms with van der Waals surface area (Å²) >= 11 is 2.09. The molecule has 0 bridgehead atoms. The van der Waals surface area contributed by atoms with Gasteiger partial charge in [-0.25, -0.2) is 0 Å². The van der Waals surface area contributed by atoms with Crippen LogP contribution in [0, 0.1) is 5.92 Å². The second-order valence-electron chi connectivity index (χ2n) is 4.76. The lowest BCUT2D eigenvalue weighted by Crippen LogP contribution is -2.46. The predicted molar refractivity (Wildman–Crippen MR) is 70.7 cm³/mol. The van der Waals surface area contributed by atoms with Gasteiger partial charge in [0.2, 0.25) is 0 Å². The Morgan fingerprint density at radius 3 is 2.40 bits per heavy atom. The molecule has 1 rings (SSSR count). The Morgan fingerprint density at radius 1 is 1.20 bits per heavy atom. The van der Waals surface area contributed by atoms with Gasteiger partial charge in [-0.1, -0.05) is 20.8 Å². The van der Waals surface area contributed by atoms with Crippen molar-refractivity contribution in [1.82, 2.24) is 10.2 Å². The van der Waals surface area contributed by atoms with Crippen LogP contribution >= 0.6 is 11.8 Å². The van der Waals surface area contributed by atoms with E-state index in [0.29, 0.717) is 0 Å². The highest BCUT2D eigenvalue weighted by atomic mass is 32.2. The van der Waals surface area contributed by atoms with Gasteiger partial charge in [0.15, 0.2) is 0 Å². The minimum absolute atomic E-state index is 0.754. The Kier molecular flexibility index (Phi) is 6.69. The summed E-state index contributed by atoms with van der Waals surface area (Å²) in [6.07, 6.45) is 1.27. The lowest BCUT2D eigenvalue weighted by atomic mass is 10.1. The molecule has 1 aliphatic rings. The first kappa shape index (κ1) is 13.3. The van der Waals surface area contributed by atoms with E-state index in [9.17, 15) is 0 Å². The second-order valence-corrected chi connectivity index (χ2v) is 5.99. The van der Waals surface area contributed by atoms with Gasteiger partial charge in [0.05, 0.1) is 0 Å². The molecule has 1 aliphatic heterocycles. The molecule has 15 heavy (non-hydrogen) atoms. The van der Waals surface area contributed by atoms with Crippen LogP contribution in [-0.4, -0.2) is 48.6 Å². The van der Waals surface area contributed by atoms with Gasteiger partial charge < -0.3 is 5.32 Å². The Balaban J connectivity index is 2.21. The summed E-state index contributed by atoms with van der Waals surface area (Å²) in [5.41, 5.74) is 0. The molecule has 0 aromatic carbocycles. The van der Waals surface area contributed by atoms with E-state index in [4.69, 9.17) is 0 Å². The molecule has 1 fully saturated rings. The molecular weight excluding hydrogens is 204 g/mol. The Hall–Kier alpha value is 0.270. The molecular formula is C12H26N2S. The summed E-state index contributed by atoms with van der Waals surface area (Å²) in [7, 11) is 0. The van der Waals surface area contributed by atoms with Gasteiger partial charge in [-0.2, -0.15) is 11.8 Å². The standard InChI is InChI=1S/C12H26N2S/c1-4-12(10-13-9-11(2)3)14-5-7-15-8-6-14/h11-13H,4-10H2,1-3H3. The van der Waals surface area contributed by atoms with Gasteiger partial charge in [-0.05, 0) is 18.9 Å². The average molecular weight is 230 g/mol. The monoisotopic (exact) mass is 230 g/mol. The molecule has 0 aromatic heterocycles. The van der Waals surface area contributed by atoms with E-state index in [1.165, 1.54) is 37.6 Å². The van der Waals surface area contributed by atoms with Crippen molar-refractivity contribution >= 4 is 11.8 Å². The first-order chi connectivity index (χ1) is 7.24. The maximum Gasteiger partial charge on any atom is 0.0218 e. The molecule has 1 saturated heterocycles. The van der Waals surface area contributed by atoms with E-state index in [1.807, 2.05) is 0 Å². The normalized spacial score (nSPS) is 20.8. The van der Waals surface area contributed by atoms with Crippen molar-refractivity contribution in [2.24, 2.45) is 5.92 Å². The second kappa shape index (κ2) is 7.53. The molecule has 3 heteroatoms. The fourth-order valence-corrected chi connectivity index (χ4v) is 2.94. The van der Waals surface area contributed by atoms with E-state index in [-0.39, 0.29) is 0 Å². The summed E-state index contributed by atoms with van der Waals surface area (Å²) in [6, 6.07) is 0.754. The number of nitrogens with zero attached hydrogens (tertiary/aromatic N) is 1. The first-order valence-corrected chi connectivity index (χ1v) is 7.42. The fourth-order valence-electron chi connectivity index (χ4n) is 2.01. The predicted octanol–water partition coefficient (Wildman–Crippen LogP) is 2.06. The van der Waals surface area contributed by atoms with E-state index in [1.54, 1.807) is 0 Å². The van der Waals surface area contributed by atoms with Crippen LogP contribution < -0.4 is 5.32 Å². The summed E-state index contributed by atoms with van der Waals surface area (Å²) in [5, 5.41) is 3.58. The molecule has 0 aromatic rings. The third-order valence-electron chi connectivity index (χ3n) is 2.97. The first-order valence-electron chi connectivity index (χ1n) is 6.26. The van der Waals surface area contributed by atoms with Crippen LogP contribution in [0.5, 0.6) is 0 Å². The van der Waals surface area contributed by atoms with Crippen molar-refractivity contribution in [2.45, 2.75) is 33.2 Å². The van der Waals surface area contributed by atoms with E-state index in [0.717, 1.165) is 18.5 Å². The zero-order valence-corrected chi connectivity index (χ0v) is 11.3. The van der Waals surface area contributed by atoms with Crippen LogP contribution in [0.3, 0.4) is 0 Å². The highest BCUT2D eigenvalue weighted by Gasteiger charge is 2.18. The van der Waals surface area contributed by atoms with Gasteiger partial charge in [0, 0.05) is 37.2 Å². The Labute approximate surface area is 99.2 Å². The Morgan fingerprint density at radius 2 is 1.87 bits per heavy atom. The van der Waals surface area contributed by atoms with Gasteiger partial charge in [-0.3, -0.25) is 4.90 Å². The topological polar surface area (TPSA) is 15.3 Å². The lowest BCUT2D eigenvalue weighted by Gasteiger charge is -2.34. The fraction of sp³-hybridized carbons (Fsp3) is 1.00. The quantitative estimate of drug-likeness (QED) is 0.752. The van der Waals surface area contributed by atoms with Gasteiger partial charge in [0.25, 0.3) is 0 Å². The molecule has 0 aliphatic carbocycles. The van der Waals surface area contributed by atoms with Crippen molar-refractivity contribution in [3.05, 3.63) is 0 Å². The molecule has 1 atom stereocenters.